The minimum atomic E-state index is -1.07. The molecule has 2 aromatic rings. The maximum Gasteiger partial charge on any atom is 0.311 e. The van der Waals surface area contributed by atoms with Gasteiger partial charge in [0.05, 0.1) is 41.3 Å². The predicted molar refractivity (Wildman–Crippen MR) is 111 cm³/mol. The molecule has 2 rings (SSSR count). The van der Waals surface area contributed by atoms with Crippen molar-refractivity contribution in [2.24, 2.45) is 0 Å². The topological polar surface area (TPSA) is 101 Å². The van der Waals surface area contributed by atoms with Gasteiger partial charge in [-0.1, -0.05) is 18.2 Å². The number of hydrogen-bond acceptors (Lipinski definition) is 7. The van der Waals surface area contributed by atoms with Crippen molar-refractivity contribution in [3.63, 3.8) is 0 Å². The molecule has 0 atom stereocenters. The molecule has 0 bridgehead atoms. The van der Waals surface area contributed by atoms with Crippen LogP contribution in [0.3, 0.4) is 0 Å². The number of hydrogen-bond donors (Lipinski definition) is 1. The van der Waals surface area contributed by atoms with E-state index in [0.717, 1.165) is 11.1 Å². The van der Waals surface area contributed by atoms with Gasteiger partial charge in [-0.15, -0.1) is 0 Å². The minimum absolute atomic E-state index is 0.208. The maximum absolute atomic E-state index is 11.9. The Morgan fingerprint density at radius 2 is 1.33 bits per heavy atom. The van der Waals surface area contributed by atoms with Crippen molar-refractivity contribution in [1.82, 2.24) is 0 Å². The third-order valence-corrected chi connectivity index (χ3v) is 4.11. The third-order valence-electron chi connectivity index (χ3n) is 4.11. The van der Waals surface area contributed by atoms with Gasteiger partial charge in [0.1, 0.15) is 0 Å². The predicted octanol–water partition coefficient (Wildman–Crippen LogP) is 3.66. The molecule has 8 nitrogen and oxygen atoms in total. The second-order valence-electron chi connectivity index (χ2n) is 6.07. The van der Waals surface area contributed by atoms with Crippen molar-refractivity contribution in [3.8, 4) is 28.7 Å². The van der Waals surface area contributed by atoms with Crippen LogP contribution in [0.15, 0.2) is 30.3 Å². The van der Waals surface area contributed by atoms with Gasteiger partial charge < -0.3 is 28.8 Å². The molecule has 0 saturated heterocycles. The molecule has 0 heterocycles. The van der Waals surface area contributed by atoms with E-state index in [9.17, 15) is 9.59 Å². The quantitative estimate of drug-likeness (QED) is 0.356. The summed E-state index contributed by atoms with van der Waals surface area (Å²) in [5.74, 6) is 0.404. The Balaban J connectivity index is 2.27. The van der Waals surface area contributed by atoms with Crippen molar-refractivity contribution in [1.29, 1.82) is 0 Å². The first kappa shape index (κ1) is 22.6. The van der Waals surface area contributed by atoms with Crippen LogP contribution in [0.1, 0.15) is 24.0 Å². The summed E-state index contributed by atoms with van der Waals surface area (Å²) in [5, 5.41) is 8.69. The van der Waals surface area contributed by atoms with Gasteiger partial charge in [-0.25, -0.2) is 0 Å². The Labute approximate surface area is 174 Å². The fraction of sp³-hybridized carbons (Fsp3) is 0.273. The van der Waals surface area contributed by atoms with Gasteiger partial charge in [-0.2, -0.15) is 0 Å². The van der Waals surface area contributed by atoms with Gasteiger partial charge in [0.2, 0.25) is 5.75 Å². The fourth-order valence-electron chi connectivity index (χ4n) is 2.65. The number of carbonyl (C=O) groups excluding carboxylic acids is 1. The number of aliphatic carboxylic acids is 1. The van der Waals surface area contributed by atoms with Gasteiger partial charge >= 0.3 is 11.9 Å². The van der Waals surface area contributed by atoms with Crippen LogP contribution in [0.4, 0.5) is 0 Å². The smallest absolute Gasteiger partial charge is 0.311 e. The summed E-state index contributed by atoms with van der Waals surface area (Å²) in [6.07, 6.45) is 3.11. The van der Waals surface area contributed by atoms with Crippen LogP contribution >= 0.6 is 0 Å². The van der Waals surface area contributed by atoms with E-state index < -0.39 is 11.9 Å². The summed E-state index contributed by atoms with van der Waals surface area (Å²) in [5.41, 5.74) is 1.55. The highest BCUT2D eigenvalue weighted by Gasteiger charge is 2.13. The molecule has 0 saturated carbocycles. The fourth-order valence-corrected chi connectivity index (χ4v) is 2.65. The number of ether oxygens (including phenoxy) is 5. The van der Waals surface area contributed by atoms with Crippen molar-refractivity contribution in [3.05, 3.63) is 41.5 Å². The summed E-state index contributed by atoms with van der Waals surface area (Å²) < 4.78 is 26.5. The number of methoxy groups -OCH3 is 4. The van der Waals surface area contributed by atoms with E-state index in [-0.39, 0.29) is 18.6 Å². The average molecular weight is 416 g/mol. The van der Waals surface area contributed by atoms with E-state index in [1.165, 1.54) is 14.2 Å². The molecule has 0 spiro atoms. The van der Waals surface area contributed by atoms with Crippen LogP contribution in [0.2, 0.25) is 0 Å². The Morgan fingerprint density at radius 1 is 0.767 bits per heavy atom. The van der Waals surface area contributed by atoms with Crippen LogP contribution in [0, 0.1) is 0 Å². The first-order chi connectivity index (χ1) is 14.4. The van der Waals surface area contributed by atoms with Crippen LogP contribution < -0.4 is 23.7 Å². The van der Waals surface area contributed by atoms with Gasteiger partial charge in [-0.3, -0.25) is 9.59 Å². The molecule has 0 aliphatic carbocycles. The van der Waals surface area contributed by atoms with Crippen molar-refractivity contribution < 1.29 is 38.4 Å². The monoisotopic (exact) mass is 416 g/mol. The second-order valence-corrected chi connectivity index (χ2v) is 6.07. The second kappa shape index (κ2) is 10.8. The highest BCUT2D eigenvalue weighted by atomic mass is 16.6. The summed E-state index contributed by atoms with van der Waals surface area (Å²) in [6, 6.07) is 8.69. The van der Waals surface area contributed by atoms with E-state index in [0.29, 0.717) is 23.0 Å². The van der Waals surface area contributed by atoms with Crippen LogP contribution in [0.25, 0.3) is 12.2 Å². The zero-order valence-electron chi connectivity index (χ0n) is 17.3. The van der Waals surface area contributed by atoms with Crippen molar-refractivity contribution in [2.75, 3.05) is 28.4 Å². The Hall–Kier alpha value is -3.68. The van der Waals surface area contributed by atoms with Gasteiger partial charge in [0.15, 0.2) is 23.0 Å². The highest BCUT2D eigenvalue weighted by molar-refractivity contribution is 5.79. The number of esters is 1. The molecular formula is C22H24O8. The lowest BCUT2D eigenvalue weighted by molar-refractivity contribution is -0.142. The number of benzene rings is 2. The lowest BCUT2D eigenvalue weighted by Crippen LogP contribution is -2.11. The number of carboxylic acids is 1. The number of carboxylic acid groups (broad SMARTS) is 1. The van der Waals surface area contributed by atoms with E-state index in [1.54, 1.807) is 44.6 Å². The minimum Gasteiger partial charge on any atom is -0.493 e. The third kappa shape index (κ3) is 5.91. The summed E-state index contributed by atoms with van der Waals surface area (Å²) in [7, 11) is 6.07. The maximum atomic E-state index is 11.9. The molecule has 0 aliphatic rings. The molecule has 0 aliphatic heterocycles. The van der Waals surface area contributed by atoms with Gasteiger partial charge in [0, 0.05) is 0 Å². The van der Waals surface area contributed by atoms with Crippen molar-refractivity contribution >= 4 is 24.1 Å². The largest absolute Gasteiger partial charge is 0.493 e. The number of carbonyl (C=O) groups is 2. The molecule has 1 N–H and O–H groups in total. The van der Waals surface area contributed by atoms with E-state index in [1.807, 2.05) is 12.2 Å². The van der Waals surface area contributed by atoms with Crippen LogP contribution in [0.5, 0.6) is 28.7 Å². The van der Waals surface area contributed by atoms with Crippen LogP contribution in [-0.2, 0) is 9.59 Å². The average Bonchev–Trinajstić information content (AvgIpc) is 2.75. The SMILES string of the molecule is COc1ccc(/C=C/c2cc(OC)c(OC)c(OC)c2)cc1OC(=O)CCC(=O)O. The molecule has 0 fully saturated rings. The zero-order valence-corrected chi connectivity index (χ0v) is 17.3. The summed E-state index contributed by atoms with van der Waals surface area (Å²) >= 11 is 0. The zero-order chi connectivity index (χ0) is 22.1. The molecule has 30 heavy (non-hydrogen) atoms. The first-order valence-electron chi connectivity index (χ1n) is 9.00. The van der Waals surface area contributed by atoms with E-state index >= 15 is 0 Å². The molecule has 8 heteroatoms. The number of rotatable bonds is 10. The Kier molecular flexibility index (Phi) is 8.10. The first-order valence-corrected chi connectivity index (χ1v) is 9.00. The summed E-state index contributed by atoms with van der Waals surface area (Å²) in [4.78, 5) is 22.5. The van der Waals surface area contributed by atoms with E-state index in [2.05, 4.69) is 0 Å². The standard InChI is InChI=1S/C22H24O8/c1-26-16-8-7-14(11-17(16)30-21(25)10-9-20(23)24)5-6-15-12-18(27-2)22(29-4)19(13-15)28-3/h5-8,11-13H,9-10H2,1-4H3,(H,23,24)/b6-5+. The molecule has 0 aromatic heterocycles. The Morgan fingerprint density at radius 3 is 1.87 bits per heavy atom. The molecular weight excluding hydrogens is 392 g/mol. The molecule has 0 radical (unpaired) electrons. The molecule has 2 aromatic carbocycles. The normalized spacial score (nSPS) is 10.5. The van der Waals surface area contributed by atoms with Crippen molar-refractivity contribution in [2.45, 2.75) is 12.8 Å². The van der Waals surface area contributed by atoms with Gasteiger partial charge in [-0.05, 0) is 35.4 Å². The summed E-state index contributed by atoms with van der Waals surface area (Å²) in [6.45, 7) is 0. The van der Waals surface area contributed by atoms with Crippen LogP contribution in [-0.4, -0.2) is 45.5 Å². The lowest BCUT2D eigenvalue weighted by atomic mass is 10.1. The van der Waals surface area contributed by atoms with Gasteiger partial charge in [0.25, 0.3) is 0 Å². The Bertz CT molecular complexity index is 908. The molecule has 0 unspecified atom stereocenters. The molecule has 0 amide bonds. The van der Waals surface area contributed by atoms with E-state index in [4.69, 9.17) is 28.8 Å². The highest BCUT2D eigenvalue weighted by Crippen LogP contribution is 2.38. The molecule has 160 valence electrons. The lowest BCUT2D eigenvalue weighted by Gasteiger charge is -2.13.